The van der Waals surface area contributed by atoms with Crippen LogP contribution in [0.3, 0.4) is 0 Å². The number of nitrogens with zero attached hydrogens (tertiary/aromatic N) is 3. The Morgan fingerprint density at radius 1 is 1.11 bits per heavy atom. The zero-order chi connectivity index (χ0) is 33.3. The summed E-state index contributed by atoms with van der Waals surface area (Å²) >= 11 is 0. The van der Waals surface area contributed by atoms with Gasteiger partial charge in [0.1, 0.15) is 23.1 Å². The third-order valence-electron chi connectivity index (χ3n) is 7.74. The SMILES string of the molecule is CCn1nc(C(F)(F)F)c2c1C(=O)C1CC21.NNC(=O)c1cc(-c2cccnc2C(Cc2cc(F)cc(F)c2)NC=O)ccc1F. The summed E-state index contributed by atoms with van der Waals surface area (Å²) in [6.45, 7) is 1.98. The van der Waals surface area contributed by atoms with Gasteiger partial charge in [0, 0.05) is 35.9 Å². The maximum atomic E-state index is 14.0. The normalized spacial score (nSPS) is 16.9. The Hall–Kier alpha value is -5.05. The van der Waals surface area contributed by atoms with Gasteiger partial charge in [-0.15, -0.1) is 0 Å². The van der Waals surface area contributed by atoms with Gasteiger partial charge in [-0.3, -0.25) is 29.5 Å². The second-order valence-electron chi connectivity index (χ2n) is 10.7. The van der Waals surface area contributed by atoms with E-state index in [9.17, 15) is 40.7 Å². The van der Waals surface area contributed by atoms with Crippen molar-refractivity contribution in [2.24, 2.45) is 11.8 Å². The second kappa shape index (κ2) is 12.7. The van der Waals surface area contributed by atoms with Crippen molar-refractivity contribution < 1.29 is 40.7 Å². The number of Topliss-reactive ketones (excluding diaryl/α,β-unsaturated/α-hetero) is 1. The lowest BCUT2D eigenvalue weighted by atomic mass is 9.94. The van der Waals surface area contributed by atoms with E-state index in [1.165, 1.54) is 23.0 Å². The van der Waals surface area contributed by atoms with Gasteiger partial charge in [0.15, 0.2) is 11.5 Å². The first-order valence-electron chi connectivity index (χ1n) is 14.0. The average molecular weight is 645 g/mol. The zero-order valence-electron chi connectivity index (χ0n) is 24.0. The number of pyridine rings is 1. The Bertz CT molecular complexity index is 1800. The number of fused-ring (bicyclic) bond motifs is 3. The molecule has 9 nitrogen and oxygen atoms in total. The summed E-state index contributed by atoms with van der Waals surface area (Å²) in [5.41, 5.74) is 2.72. The van der Waals surface area contributed by atoms with Gasteiger partial charge in [-0.1, -0.05) is 12.1 Å². The number of ketones is 1. The highest BCUT2D eigenvalue weighted by Gasteiger charge is 2.58. The van der Waals surface area contributed by atoms with E-state index in [2.05, 4.69) is 15.4 Å². The summed E-state index contributed by atoms with van der Waals surface area (Å²) in [4.78, 5) is 39.0. The number of hydrogen-bond donors (Lipinski definition) is 3. The van der Waals surface area contributed by atoms with E-state index in [0.717, 1.165) is 24.3 Å². The van der Waals surface area contributed by atoms with E-state index in [1.807, 2.05) is 5.43 Å². The van der Waals surface area contributed by atoms with Crippen molar-refractivity contribution in [2.75, 3.05) is 0 Å². The molecule has 2 aromatic carbocycles. The molecule has 4 aromatic rings. The lowest BCUT2D eigenvalue weighted by molar-refractivity contribution is -0.142. The molecule has 6 rings (SSSR count). The van der Waals surface area contributed by atoms with Crippen LogP contribution >= 0.6 is 0 Å². The van der Waals surface area contributed by atoms with Crippen molar-refractivity contribution in [3.63, 3.8) is 0 Å². The van der Waals surface area contributed by atoms with Crippen LogP contribution in [0.25, 0.3) is 11.1 Å². The number of nitrogens with two attached hydrogens (primary N) is 1. The molecule has 240 valence electrons. The number of rotatable bonds is 8. The molecule has 2 aromatic heterocycles. The maximum absolute atomic E-state index is 14.0. The van der Waals surface area contributed by atoms with Gasteiger partial charge < -0.3 is 5.32 Å². The molecule has 46 heavy (non-hydrogen) atoms. The summed E-state index contributed by atoms with van der Waals surface area (Å²) in [5, 5.41) is 6.12. The van der Waals surface area contributed by atoms with Crippen LogP contribution in [0.4, 0.5) is 26.3 Å². The van der Waals surface area contributed by atoms with E-state index in [-0.39, 0.29) is 40.9 Å². The standard InChI is InChI=1S/C21H17F3N4O2.C10H9F3N2O/c22-14-6-12(7-15(23)10-14)8-19(27-11-29)20-16(2-1-5-26-20)13-3-4-18(24)17(9-13)21(30)28-25;1-2-15-7-6(4-3-5(4)8(7)16)9(14-15)10(11,12)13/h1-7,9-11,19H,8,25H2,(H,27,29)(H,28,30);4-5H,2-3H2,1H3. The Kier molecular flexibility index (Phi) is 8.96. The molecular formula is C31H26F6N6O3. The highest BCUT2D eigenvalue weighted by atomic mass is 19.4. The topological polar surface area (TPSA) is 132 Å². The molecule has 1 saturated carbocycles. The Morgan fingerprint density at radius 2 is 1.83 bits per heavy atom. The third-order valence-corrected chi connectivity index (χ3v) is 7.74. The molecule has 0 bridgehead atoms. The first-order chi connectivity index (χ1) is 21.9. The van der Waals surface area contributed by atoms with Gasteiger partial charge in [-0.05, 0) is 67.1 Å². The number of hydrazine groups is 1. The Balaban J connectivity index is 0.000000217. The van der Waals surface area contributed by atoms with Crippen LogP contribution in [0.2, 0.25) is 0 Å². The Labute approximate surface area is 257 Å². The van der Waals surface area contributed by atoms with E-state index < -0.39 is 41.3 Å². The third kappa shape index (κ3) is 6.36. The molecule has 0 aliphatic heterocycles. The van der Waals surface area contributed by atoms with Crippen LogP contribution in [0.15, 0.2) is 54.7 Å². The van der Waals surface area contributed by atoms with Crippen LogP contribution in [-0.2, 0) is 23.9 Å². The van der Waals surface area contributed by atoms with E-state index in [4.69, 9.17) is 5.84 Å². The highest BCUT2D eigenvalue weighted by molar-refractivity contribution is 6.05. The fourth-order valence-electron chi connectivity index (χ4n) is 5.67. The van der Waals surface area contributed by atoms with Gasteiger partial charge in [0.25, 0.3) is 5.91 Å². The van der Waals surface area contributed by atoms with Crippen molar-refractivity contribution >= 4 is 18.1 Å². The second-order valence-corrected chi connectivity index (χ2v) is 10.7. The molecule has 2 heterocycles. The molecule has 2 aliphatic rings. The maximum Gasteiger partial charge on any atom is 0.435 e. The van der Waals surface area contributed by atoms with Crippen molar-refractivity contribution in [1.29, 1.82) is 0 Å². The van der Waals surface area contributed by atoms with E-state index >= 15 is 0 Å². The molecule has 0 saturated heterocycles. The molecule has 2 amide bonds. The number of benzene rings is 2. The van der Waals surface area contributed by atoms with E-state index in [1.54, 1.807) is 19.1 Å². The highest BCUT2D eigenvalue weighted by Crippen LogP contribution is 2.58. The zero-order valence-corrected chi connectivity index (χ0v) is 24.0. The molecule has 3 atom stereocenters. The quantitative estimate of drug-likeness (QED) is 0.0812. The number of amides is 2. The average Bonchev–Trinajstić information content (AvgIpc) is 3.62. The minimum absolute atomic E-state index is 0.0504. The predicted molar refractivity (Wildman–Crippen MR) is 151 cm³/mol. The van der Waals surface area contributed by atoms with Crippen LogP contribution in [-0.4, -0.2) is 32.9 Å². The lowest BCUT2D eigenvalue weighted by Crippen LogP contribution is -2.30. The Morgan fingerprint density at radius 3 is 2.46 bits per heavy atom. The van der Waals surface area contributed by atoms with Crippen LogP contribution in [0.5, 0.6) is 0 Å². The van der Waals surface area contributed by atoms with Crippen LogP contribution in [0.1, 0.15) is 68.7 Å². The number of aryl methyl sites for hydroxylation is 1. The summed E-state index contributed by atoms with van der Waals surface area (Å²) in [6, 6.07) is 9.49. The lowest BCUT2D eigenvalue weighted by Gasteiger charge is -2.19. The summed E-state index contributed by atoms with van der Waals surface area (Å²) in [6.07, 6.45) is -1.90. The fourth-order valence-corrected chi connectivity index (χ4v) is 5.67. The number of aromatic nitrogens is 3. The number of alkyl halides is 3. The van der Waals surface area contributed by atoms with Gasteiger partial charge in [-0.2, -0.15) is 18.3 Å². The number of halogens is 6. The minimum Gasteiger partial charge on any atom is -0.350 e. The molecule has 4 N–H and O–H groups in total. The van der Waals surface area contributed by atoms with Gasteiger partial charge >= 0.3 is 6.18 Å². The first-order valence-corrected chi connectivity index (χ1v) is 14.0. The predicted octanol–water partition coefficient (Wildman–Crippen LogP) is 5.02. The molecule has 0 radical (unpaired) electrons. The fraction of sp³-hybridized carbons (Fsp3) is 0.258. The number of carbonyl (C=O) groups excluding carboxylic acids is 3. The molecule has 0 spiro atoms. The molecule has 3 unspecified atom stereocenters. The molecule has 15 heteroatoms. The van der Waals surface area contributed by atoms with Crippen LogP contribution < -0.4 is 16.6 Å². The smallest absolute Gasteiger partial charge is 0.350 e. The van der Waals surface area contributed by atoms with Gasteiger partial charge in [0.05, 0.1) is 17.3 Å². The van der Waals surface area contributed by atoms with Crippen molar-refractivity contribution in [3.8, 4) is 11.1 Å². The van der Waals surface area contributed by atoms with Crippen molar-refractivity contribution in [2.45, 2.75) is 44.4 Å². The summed E-state index contributed by atoms with van der Waals surface area (Å²) in [5.74, 6) is 1.46. The van der Waals surface area contributed by atoms with Gasteiger partial charge in [-0.25, -0.2) is 19.0 Å². The van der Waals surface area contributed by atoms with Crippen LogP contribution in [0, 0.1) is 23.4 Å². The largest absolute Gasteiger partial charge is 0.435 e. The minimum atomic E-state index is -4.46. The van der Waals surface area contributed by atoms with Gasteiger partial charge in [0.2, 0.25) is 6.41 Å². The number of nitrogens with one attached hydrogen (secondary N) is 2. The summed E-state index contributed by atoms with van der Waals surface area (Å²) in [7, 11) is 0. The number of carbonyl (C=O) groups is 3. The van der Waals surface area contributed by atoms with E-state index in [0.29, 0.717) is 41.8 Å². The van der Waals surface area contributed by atoms with Crippen molar-refractivity contribution in [3.05, 3.63) is 106 Å². The first kappa shape index (κ1) is 32.3. The molecule has 2 aliphatic carbocycles. The summed E-state index contributed by atoms with van der Waals surface area (Å²) < 4.78 is 80.5. The number of nitrogen functional groups attached to an aromatic ring is 1. The monoisotopic (exact) mass is 644 g/mol. The molecular weight excluding hydrogens is 618 g/mol. The number of hydrogen-bond acceptors (Lipinski definition) is 6. The van der Waals surface area contributed by atoms with Crippen molar-refractivity contribution in [1.82, 2.24) is 25.5 Å². The molecule has 1 fully saturated rings.